The fourth-order valence-corrected chi connectivity index (χ4v) is 2.07. The predicted octanol–water partition coefficient (Wildman–Crippen LogP) is 2.10. The molecule has 19 heavy (non-hydrogen) atoms. The Morgan fingerprint density at radius 1 is 1.16 bits per heavy atom. The normalized spacial score (nSPS) is 12.5. The van der Waals surface area contributed by atoms with Gasteiger partial charge in [-0.05, 0) is 11.6 Å². The number of hydrogen-bond acceptors (Lipinski definition) is 4. The Kier molecular flexibility index (Phi) is 3.12. The van der Waals surface area contributed by atoms with Gasteiger partial charge in [-0.2, -0.15) is 0 Å². The van der Waals surface area contributed by atoms with Crippen molar-refractivity contribution in [3.63, 3.8) is 0 Å². The van der Waals surface area contributed by atoms with Crippen molar-refractivity contribution in [2.45, 2.75) is 6.04 Å². The van der Waals surface area contributed by atoms with Crippen LogP contribution in [0.5, 0.6) is 0 Å². The summed E-state index contributed by atoms with van der Waals surface area (Å²) in [6, 6.07) is 11.5. The lowest BCUT2D eigenvalue weighted by molar-refractivity contribution is 0.276. The number of aromatic amines is 1. The average Bonchev–Trinajstić information content (AvgIpc) is 2.95. The lowest BCUT2D eigenvalue weighted by Gasteiger charge is -2.17. The van der Waals surface area contributed by atoms with E-state index < -0.39 is 0 Å². The van der Waals surface area contributed by atoms with Gasteiger partial charge in [0.25, 0.3) is 0 Å². The van der Waals surface area contributed by atoms with Gasteiger partial charge in [-0.3, -0.25) is 0 Å². The van der Waals surface area contributed by atoms with E-state index in [2.05, 4.69) is 20.3 Å². The molecule has 0 fully saturated rings. The average molecular weight is 254 g/mol. The second-order valence-electron chi connectivity index (χ2n) is 4.25. The topological polar surface area (TPSA) is 73.8 Å². The summed E-state index contributed by atoms with van der Waals surface area (Å²) in [5.74, 6) is 0.717. The molecule has 1 atom stereocenters. The molecule has 0 saturated carbocycles. The maximum Gasteiger partial charge on any atom is 0.142 e. The summed E-state index contributed by atoms with van der Waals surface area (Å²) < 4.78 is 0. The van der Waals surface area contributed by atoms with E-state index >= 15 is 0 Å². The number of aliphatic hydroxyl groups excluding tert-OH is 1. The molecule has 1 aromatic carbocycles. The van der Waals surface area contributed by atoms with Crippen LogP contribution in [0.2, 0.25) is 0 Å². The van der Waals surface area contributed by atoms with Crippen molar-refractivity contribution in [1.29, 1.82) is 0 Å². The van der Waals surface area contributed by atoms with Crippen molar-refractivity contribution in [1.82, 2.24) is 15.0 Å². The number of nitrogens with zero attached hydrogens (tertiary/aromatic N) is 2. The molecule has 0 aliphatic carbocycles. The van der Waals surface area contributed by atoms with Crippen molar-refractivity contribution in [2.75, 3.05) is 11.9 Å². The Morgan fingerprint density at radius 2 is 2.00 bits per heavy atom. The lowest BCUT2D eigenvalue weighted by Crippen LogP contribution is -2.15. The van der Waals surface area contributed by atoms with Gasteiger partial charge in [-0.15, -0.1) is 0 Å². The van der Waals surface area contributed by atoms with Crippen LogP contribution in [0.15, 0.2) is 48.9 Å². The van der Waals surface area contributed by atoms with Gasteiger partial charge >= 0.3 is 0 Å². The second-order valence-corrected chi connectivity index (χ2v) is 4.25. The van der Waals surface area contributed by atoms with Crippen LogP contribution in [0, 0.1) is 0 Å². The summed E-state index contributed by atoms with van der Waals surface area (Å²) in [6.07, 6.45) is 3.32. The molecule has 96 valence electrons. The summed E-state index contributed by atoms with van der Waals surface area (Å²) >= 11 is 0. The molecular formula is C14H14N4O. The molecular weight excluding hydrogens is 240 g/mol. The third kappa shape index (κ3) is 2.28. The molecule has 3 N–H and O–H groups in total. The van der Waals surface area contributed by atoms with Gasteiger partial charge in [0.1, 0.15) is 17.8 Å². The third-order valence-corrected chi connectivity index (χ3v) is 3.05. The minimum atomic E-state index is -0.186. The first kappa shape index (κ1) is 11.7. The van der Waals surface area contributed by atoms with Crippen LogP contribution < -0.4 is 5.32 Å². The van der Waals surface area contributed by atoms with E-state index in [1.54, 1.807) is 0 Å². The molecule has 2 aromatic heterocycles. The quantitative estimate of drug-likeness (QED) is 0.666. The Labute approximate surface area is 110 Å². The van der Waals surface area contributed by atoms with Crippen molar-refractivity contribution >= 4 is 16.9 Å². The minimum Gasteiger partial charge on any atom is -0.394 e. The van der Waals surface area contributed by atoms with E-state index in [0.717, 1.165) is 16.6 Å². The molecule has 0 unspecified atom stereocenters. The fraction of sp³-hybridized carbons (Fsp3) is 0.143. The first-order valence-electron chi connectivity index (χ1n) is 6.09. The lowest BCUT2D eigenvalue weighted by atomic mass is 10.1. The smallest absolute Gasteiger partial charge is 0.142 e. The number of rotatable bonds is 4. The largest absolute Gasteiger partial charge is 0.394 e. The maximum atomic E-state index is 9.55. The van der Waals surface area contributed by atoms with Crippen LogP contribution in [-0.2, 0) is 0 Å². The number of H-pyrrole nitrogens is 1. The monoisotopic (exact) mass is 254 g/mol. The number of aromatic nitrogens is 3. The Balaban J connectivity index is 1.93. The van der Waals surface area contributed by atoms with Gasteiger partial charge in [-0.1, -0.05) is 30.3 Å². The summed E-state index contributed by atoms with van der Waals surface area (Å²) in [5, 5.41) is 13.7. The first-order valence-corrected chi connectivity index (χ1v) is 6.09. The molecule has 0 bridgehead atoms. The highest BCUT2D eigenvalue weighted by Crippen LogP contribution is 2.23. The summed E-state index contributed by atoms with van der Waals surface area (Å²) in [4.78, 5) is 11.4. The Morgan fingerprint density at radius 3 is 2.79 bits per heavy atom. The Hall–Kier alpha value is -2.40. The van der Waals surface area contributed by atoms with E-state index in [4.69, 9.17) is 0 Å². The van der Waals surface area contributed by atoms with Crippen molar-refractivity contribution in [2.24, 2.45) is 0 Å². The molecule has 0 radical (unpaired) electrons. The zero-order chi connectivity index (χ0) is 13.1. The highest BCUT2D eigenvalue weighted by molar-refractivity contribution is 5.86. The van der Waals surface area contributed by atoms with E-state index in [0.29, 0.717) is 5.82 Å². The molecule has 0 saturated heterocycles. The number of anilines is 1. The third-order valence-electron chi connectivity index (χ3n) is 3.05. The van der Waals surface area contributed by atoms with Crippen molar-refractivity contribution < 1.29 is 5.11 Å². The molecule has 0 spiro atoms. The van der Waals surface area contributed by atoms with Gasteiger partial charge < -0.3 is 15.4 Å². The summed E-state index contributed by atoms with van der Waals surface area (Å²) in [6.45, 7) is -0.0000671. The number of aliphatic hydroxyl groups is 1. The maximum absolute atomic E-state index is 9.55. The van der Waals surface area contributed by atoms with E-state index in [1.165, 1.54) is 6.33 Å². The standard InChI is InChI=1S/C14H14N4O/c19-8-12(10-4-2-1-3-5-10)18-14-11-6-7-15-13(11)16-9-17-14/h1-7,9,12,19H,8H2,(H2,15,16,17,18)/t12-/m1/s1. The number of hydrogen-bond donors (Lipinski definition) is 3. The zero-order valence-corrected chi connectivity index (χ0v) is 10.2. The van der Waals surface area contributed by atoms with Crippen LogP contribution in [-0.4, -0.2) is 26.7 Å². The minimum absolute atomic E-state index is 0.0000671. The molecule has 0 aliphatic rings. The molecule has 5 heteroatoms. The highest BCUT2D eigenvalue weighted by Gasteiger charge is 2.12. The molecule has 3 rings (SSSR count). The van der Waals surface area contributed by atoms with Crippen LogP contribution in [0.1, 0.15) is 11.6 Å². The summed E-state index contributed by atoms with van der Waals surface area (Å²) in [5.41, 5.74) is 1.80. The molecule has 0 aliphatic heterocycles. The van der Waals surface area contributed by atoms with Crippen molar-refractivity contribution in [3.8, 4) is 0 Å². The second kappa shape index (κ2) is 5.07. The molecule has 2 heterocycles. The highest BCUT2D eigenvalue weighted by atomic mass is 16.3. The summed E-state index contributed by atoms with van der Waals surface area (Å²) in [7, 11) is 0. The van der Waals surface area contributed by atoms with E-state index in [-0.39, 0.29) is 12.6 Å². The number of fused-ring (bicyclic) bond motifs is 1. The SMILES string of the molecule is OC[C@@H](Nc1ncnc2[nH]ccc12)c1ccccc1. The zero-order valence-electron chi connectivity index (χ0n) is 10.2. The van der Waals surface area contributed by atoms with E-state index in [9.17, 15) is 5.11 Å². The number of benzene rings is 1. The van der Waals surface area contributed by atoms with Gasteiger partial charge in [0.15, 0.2) is 0 Å². The van der Waals surface area contributed by atoms with Gasteiger partial charge in [0.05, 0.1) is 18.0 Å². The van der Waals surface area contributed by atoms with Crippen LogP contribution in [0.4, 0.5) is 5.82 Å². The van der Waals surface area contributed by atoms with Crippen LogP contribution in [0.25, 0.3) is 11.0 Å². The molecule has 3 aromatic rings. The Bertz CT molecular complexity index is 665. The van der Waals surface area contributed by atoms with Crippen LogP contribution >= 0.6 is 0 Å². The number of nitrogens with one attached hydrogen (secondary N) is 2. The van der Waals surface area contributed by atoms with Gasteiger partial charge in [0, 0.05) is 6.20 Å². The van der Waals surface area contributed by atoms with E-state index in [1.807, 2.05) is 42.6 Å². The van der Waals surface area contributed by atoms with Crippen molar-refractivity contribution in [3.05, 3.63) is 54.5 Å². The van der Waals surface area contributed by atoms with Crippen LogP contribution in [0.3, 0.4) is 0 Å². The predicted molar refractivity (Wildman–Crippen MR) is 73.8 cm³/mol. The van der Waals surface area contributed by atoms with Gasteiger partial charge in [0.2, 0.25) is 0 Å². The van der Waals surface area contributed by atoms with Gasteiger partial charge in [-0.25, -0.2) is 9.97 Å². The molecule has 5 nitrogen and oxygen atoms in total. The fourth-order valence-electron chi connectivity index (χ4n) is 2.07. The molecule has 0 amide bonds. The first-order chi connectivity index (χ1) is 9.38.